The molecule has 0 saturated carbocycles. The van der Waals surface area contributed by atoms with Crippen LogP contribution in [0.4, 0.5) is 5.69 Å². The van der Waals surface area contributed by atoms with E-state index in [1.807, 2.05) is 19.1 Å². The minimum atomic E-state index is -0.252. The number of aryl methyl sites for hydroxylation is 1. The van der Waals surface area contributed by atoms with Crippen LogP contribution < -0.4 is 5.32 Å². The Morgan fingerprint density at radius 2 is 2.24 bits per heavy atom. The topological polar surface area (TPSA) is 38.3 Å². The monoisotopic (exact) mass is 255 g/mol. The second-order valence-electron chi connectivity index (χ2n) is 3.86. The number of carbonyl (C=O) groups is 1. The maximum Gasteiger partial charge on any atom is 0.325 e. The lowest BCUT2D eigenvalue weighted by molar-refractivity contribution is -0.141. The molecule has 0 spiro atoms. The highest BCUT2D eigenvalue weighted by Gasteiger charge is 2.06. The lowest BCUT2D eigenvalue weighted by Crippen LogP contribution is -2.18. The van der Waals surface area contributed by atoms with Gasteiger partial charge in [0.1, 0.15) is 6.54 Å². The maximum absolute atomic E-state index is 11.4. The number of nitrogens with one attached hydrogen (secondary N) is 1. The summed E-state index contributed by atoms with van der Waals surface area (Å²) < 4.78 is 5.04. The number of anilines is 1. The number of para-hydroxylation sites is 1. The Bertz CT molecular complexity index is 359. The number of carbonyl (C=O) groups excluding carboxylic acids is 1. The number of hydrogen-bond donors (Lipinski definition) is 1. The van der Waals surface area contributed by atoms with Crippen molar-refractivity contribution < 1.29 is 9.53 Å². The Morgan fingerprint density at radius 3 is 2.88 bits per heavy atom. The van der Waals surface area contributed by atoms with Gasteiger partial charge in [-0.15, -0.1) is 0 Å². The number of hydrogen-bond acceptors (Lipinski definition) is 3. The molecular weight excluding hydrogens is 238 g/mol. The van der Waals surface area contributed by atoms with E-state index in [2.05, 4.69) is 12.2 Å². The molecule has 0 unspecified atom stereocenters. The summed E-state index contributed by atoms with van der Waals surface area (Å²) in [4.78, 5) is 11.4. The lowest BCUT2D eigenvalue weighted by Gasteiger charge is -2.10. The summed E-state index contributed by atoms with van der Waals surface area (Å²) >= 11 is 6.03. The van der Waals surface area contributed by atoms with Crippen LogP contribution in [0.25, 0.3) is 0 Å². The first-order valence-corrected chi connectivity index (χ1v) is 6.17. The van der Waals surface area contributed by atoms with Crippen molar-refractivity contribution >= 4 is 23.3 Å². The molecule has 1 aromatic rings. The smallest absolute Gasteiger partial charge is 0.325 e. The predicted molar refractivity (Wildman–Crippen MR) is 70.5 cm³/mol. The van der Waals surface area contributed by atoms with Crippen molar-refractivity contribution in [3.63, 3.8) is 0 Å². The highest BCUT2D eigenvalue weighted by molar-refractivity contribution is 6.33. The van der Waals surface area contributed by atoms with Gasteiger partial charge in [-0.1, -0.05) is 37.1 Å². The van der Waals surface area contributed by atoms with Crippen LogP contribution in [0.2, 0.25) is 5.02 Å². The summed E-state index contributed by atoms with van der Waals surface area (Å²) in [6, 6.07) is 5.61. The Kier molecular flexibility index (Phi) is 5.84. The molecule has 0 aromatic heterocycles. The lowest BCUT2D eigenvalue weighted by atomic mass is 10.2. The molecule has 0 aliphatic rings. The molecular formula is C13H18ClNO2. The van der Waals surface area contributed by atoms with Crippen molar-refractivity contribution in [2.24, 2.45) is 0 Å². The van der Waals surface area contributed by atoms with Crippen LogP contribution in [0, 0.1) is 6.92 Å². The average molecular weight is 256 g/mol. The molecule has 0 aliphatic carbocycles. The van der Waals surface area contributed by atoms with Gasteiger partial charge in [-0.25, -0.2) is 0 Å². The zero-order valence-corrected chi connectivity index (χ0v) is 11.0. The SMILES string of the molecule is CCCCOC(=O)CNc1c(C)cccc1Cl. The quantitative estimate of drug-likeness (QED) is 0.625. The van der Waals surface area contributed by atoms with Gasteiger partial charge < -0.3 is 10.1 Å². The standard InChI is InChI=1S/C13H18ClNO2/c1-3-4-8-17-12(16)9-15-13-10(2)6-5-7-11(13)14/h5-7,15H,3-4,8-9H2,1-2H3. The fourth-order valence-corrected chi connectivity index (χ4v) is 1.69. The molecule has 1 aromatic carbocycles. The number of halogens is 1. The summed E-state index contributed by atoms with van der Waals surface area (Å²) in [6.45, 7) is 4.63. The second-order valence-corrected chi connectivity index (χ2v) is 4.27. The molecule has 0 atom stereocenters. The predicted octanol–water partition coefficient (Wildman–Crippen LogP) is 3.40. The highest BCUT2D eigenvalue weighted by atomic mass is 35.5. The van der Waals surface area contributed by atoms with Gasteiger partial charge in [0.25, 0.3) is 0 Å². The number of esters is 1. The zero-order valence-electron chi connectivity index (χ0n) is 10.3. The van der Waals surface area contributed by atoms with Crippen LogP contribution in [-0.4, -0.2) is 19.1 Å². The van der Waals surface area contributed by atoms with E-state index in [0.717, 1.165) is 24.1 Å². The Hall–Kier alpha value is -1.22. The molecule has 3 nitrogen and oxygen atoms in total. The molecule has 1 N–H and O–H groups in total. The van der Waals surface area contributed by atoms with Crippen molar-refractivity contribution in [3.05, 3.63) is 28.8 Å². The third-order valence-electron chi connectivity index (χ3n) is 2.39. The van der Waals surface area contributed by atoms with E-state index >= 15 is 0 Å². The van der Waals surface area contributed by atoms with Gasteiger partial charge >= 0.3 is 5.97 Å². The minimum absolute atomic E-state index is 0.147. The fraction of sp³-hybridized carbons (Fsp3) is 0.462. The van der Waals surface area contributed by atoms with Gasteiger partial charge in [-0.05, 0) is 25.0 Å². The average Bonchev–Trinajstić information content (AvgIpc) is 2.29. The number of rotatable bonds is 6. The largest absolute Gasteiger partial charge is 0.464 e. The maximum atomic E-state index is 11.4. The van der Waals surface area contributed by atoms with Crippen LogP contribution in [0.15, 0.2) is 18.2 Å². The van der Waals surface area contributed by atoms with E-state index in [4.69, 9.17) is 16.3 Å². The van der Waals surface area contributed by atoms with E-state index in [1.54, 1.807) is 6.07 Å². The summed E-state index contributed by atoms with van der Waals surface area (Å²) in [6.07, 6.45) is 1.92. The van der Waals surface area contributed by atoms with Crippen molar-refractivity contribution in [1.82, 2.24) is 0 Å². The summed E-state index contributed by atoms with van der Waals surface area (Å²) in [5, 5.41) is 3.62. The summed E-state index contributed by atoms with van der Waals surface area (Å²) in [5.41, 5.74) is 1.81. The first-order chi connectivity index (χ1) is 8.15. The van der Waals surface area contributed by atoms with E-state index in [0.29, 0.717) is 11.6 Å². The van der Waals surface area contributed by atoms with Crippen molar-refractivity contribution in [1.29, 1.82) is 0 Å². The molecule has 0 fully saturated rings. The van der Waals surface area contributed by atoms with E-state index < -0.39 is 0 Å². The van der Waals surface area contributed by atoms with Crippen LogP contribution in [0.1, 0.15) is 25.3 Å². The van der Waals surface area contributed by atoms with Crippen molar-refractivity contribution in [2.75, 3.05) is 18.5 Å². The fourth-order valence-electron chi connectivity index (χ4n) is 1.40. The first-order valence-electron chi connectivity index (χ1n) is 5.79. The van der Waals surface area contributed by atoms with Gasteiger partial charge in [0.2, 0.25) is 0 Å². The molecule has 1 rings (SSSR count). The molecule has 4 heteroatoms. The Labute approximate surface area is 107 Å². The minimum Gasteiger partial charge on any atom is -0.464 e. The van der Waals surface area contributed by atoms with Crippen LogP contribution in [0.5, 0.6) is 0 Å². The zero-order chi connectivity index (χ0) is 12.7. The number of ether oxygens (including phenoxy) is 1. The van der Waals surface area contributed by atoms with E-state index in [1.165, 1.54) is 0 Å². The summed E-state index contributed by atoms with van der Waals surface area (Å²) in [5.74, 6) is -0.252. The third kappa shape index (κ3) is 4.65. The van der Waals surface area contributed by atoms with Crippen molar-refractivity contribution in [3.8, 4) is 0 Å². The molecule has 94 valence electrons. The Balaban J connectivity index is 2.42. The van der Waals surface area contributed by atoms with E-state index in [9.17, 15) is 4.79 Å². The number of unbranched alkanes of at least 4 members (excludes halogenated alkanes) is 1. The van der Waals surface area contributed by atoms with Gasteiger partial charge in [0.15, 0.2) is 0 Å². The molecule has 0 bridgehead atoms. The molecule has 0 saturated heterocycles. The van der Waals surface area contributed by atoms with E-state index in [-0.39, 0.29) is 12.5 Å². The van der Waals surface area contributed by atoms with Crippen molar-refractivity contribution in [2.45, 2.75) is 26.7 Å². The highest BCUT2D eigenvalue weighted by Crippen LogP contribution is 2.24. The van der Waals surface area contributed by atoms with Crippen LogP contribution >= 0.6 is 11.6 Å². The second kappa shape index (κ2) is 7.17. The summed E-state index contributed by atoms with van der Waals surface area (Å²) in [7, 11) is 0. The van der Waals surface area contributed by atoms with Gasteiger partial charge in [-0.3, -0.25) is 4.79 Å². The van der Waals surface area contributed by atoms with Gasteiger partial charge in [-0.2, -0.15) is 0 Å². The normalized spacial score (nSPS) is 10.1. The number of benzene rings is 1. The van der Waals surface area contributed by atoms with Gasteiger partial charge in [0.05, 0.1) is 17.3 Å². The third-order valence-corrected chi connectivity index (χ3v) is 2.71. The molecule has 0 radical (unpaired) electrons. The molecule has 0 aliphatic heterocycles. The molecule has 17 heavy (non-hydrogen) atoms. The van der Waals surface area contributed by atoms with Gasteiger partial charge in [0, 0.05) is 0 Å². The first kappa shape index (κ1) is 13.8. The Morgan fingerprint density at radius 1 is 1.47 bits per heavy atom. The van der Waals surface area contributed by atoms with Crippen LogP contribution in [-0.2, 0) is 9.53 Å². The molecule has 0 heterocycles. The van der Waals surface area contributed by atoms with Crippen LogP contribution in [0.3, 0.4) is 0 Å². The molecule has 0 amide bonds.